The lowest BCUT2D eigenvalue weighted by Gasteiger charge is -2.36. The Kier molecular flexibility index (Phi) is 4.87. The van der Waals surface area contributed by atoms with E-state index in [1.54, 1.807) is 7.11 Å². The molecular weight excluding hydrogens is 234 g/mol. The van der Waals surface area contributed by atoms with Crippen LogP contribution in [0.3, 0.4) is 0 Å². The van der Waals surface area contributed by atoms with E-state index in [4.69, 9.17) is 4.74 Å². The Morgan fingerprint density at radius 3 is 2.68 bits per heavy atom. The topological polar surface area (TPSA) is 21.3 Å². The van der Waals surface area contributed by atoms with E-state index >= 15 is 0 Å². The fourth-order valence-corrected chi connectivity index (χ4v) is 3.25. The van der Waals surface area contributed by atoms with E-state index in [0.29, 0.717) is 12.1 Å². The standard InChI is InChI=1S/C17H27NO/c1-12-8-7-10-16(13(12)2)18-14(3)15-9-5-6-11-17(15)19-4/h5-6,9,11-14,16,18H,7-8,10H2,1-4H3/t12?,13?,14-,16?/m0/s1. The van der Waals surface area contributed by atoms with Crippen molar-refractivity contribution < 1.29 is 4.74 Å². The Labute approximate surface area is 117 Å². The highest BCUT2D eigenvalue weighted by atomic mass is 16.5. The number of nitrogens with one attached hydrogen (secondary N) is 1. The maximum absolute atomic E-state index is 5.46. The van der Waals surface area contributed by atoms with Gasteiger partial charge < -0.3 is 10.1 Å². The van der Waals surface area contributed by atoms with Gasteiger partial charge in [-0.2, -0.15) is 0 Å². The van der Waals surface area contributed by atoms with Crippen molar-refractivity contribution in [1.82, 2.24) is 5.32 Å². The van der Waals surface area contributed by atoms with Crippen LogP contribution in [0.4, 0.5) is 0 Å². The molecule has 1 saturated carbocycles. The Morgan fingerprint density at radius 2 is 1.95 bits per heavy atom. The van der Waals surface area contributed by atoms with Gasteiger partial charge in [-0.3, -0.25) is 0 Å². The molecule has 0 saturated heterocycles. The zero-order valence-electron chi connectivity index (χ0n) is 12.6. The summed E-state index contributed by atoms with van der Waals surface area (Å²) in [6.07, 6.45) is 4.02. The molecule has 4 atom stereocenters. The summed E-state index contributed by atoms with van der Waals surface area (Å²) in [6.45, 7) is 7.01. The first-order valence-electron chi connectivity index (χ1n) is 7.52. The molecule has 2 rings (SSSR count). The summed E-state index contributed by atoms with van der Waals surface area (Å²) in [7, 11) is 1.75. The first-order valence-corrected chi connectivity index (χ1v) is 7.52. The van der Waals surface area contributed by atoms with Crippen molar-refractivity contribution in [3.8, 4) is 5.75 Å². The van der Waals surface area contributed by atoms with Gasteiger partial charge in [0.05, 0.1) is 7.11 Å². The number of para-hydroxylation sites is 1. The van der Waals surface area contributed by atoms with E-state index in [2.05, 4.69) is 38.2 Å². The number of ether oxygens (including phenoxy) is 1. The third-order valence-corrected chi connectivity index (χ3v) is 4.78. The van der Waals surface area contributed by atoms with E-state index in [0.717, 1.165) is 17.6 Å². The van der Waals surface area contributed by atoms with Crippen molar-refractivity contribution in [2.24, 2.45) is 11.8 Å². The van der Waals surface area contributed by atoms with Crippen molar-refractivity contribution >= 4 is 0 Å². The molecule has 2 nitrogen and oxygen atoms in total. The van der Waals surface area contributed by atoms with Crippen LogP contribution < -0.4 is 10.1 Å². The second kappa shape index (κ2) is 6.42. The SMILES string of the molecule is COc1ccccc1[C@H](C)NC1CCCC(C)C1C. The molecule has 1 aliphatic rings. The minimum Gasteiger partial charge on any atom is -0.496 e. The lowest BCUT2D eigenvalue weighted by molar-refractivity contribution is 0.195. The van der Waals surface area contributed by atoms with Gasteiger partial charge in [-0.25, -0.2) is 0 Å². The second-order valence-corrected chi connectivity index (χ2v) is 6.00. The lowest BCUT2D eigenvalue weighted by atomic mass is 9.77. The normalized spacial score (nSPS) is 28.9. The molecule has 1 aromatic carbocycles. The number of methoxy groups -OCH3 is 1. The van der Waals surface area contributed by atoms with Crippen LogP contribution in [0.25, 0.3) is 0 Å². The van der Waals surface area contributed by atoms with E-state index in [1.807, 2.05) is 12.1 Å². The van der Waals surface area contributed by atoms with Gasteiger partial charge in [0.15, 0.2) is 0 Å². The fourth-order valence-electron chi connectivity index (χ4n) is 3.25. The Balaban J connectivity index is 2.06. The number of hydrogen-bond acceptors (Lipinski definition) is 2. The summed E-state index contributed by atoms with van der Waals surface area (Å²) >= 11 is 0. The van der Waals surface area contributed by atoms with Crippen molar-refractivity contribution in [2.75, 3.05) is 7.11 Å². The maximum atomic E-state index is 5.46. The van der Waals surface area contributed by atoms with Gasteiger partial charge in [-0.1, -0.05) is 44.9 Å². The van der Waals surface area contributed by atoms with E-state index in [1.165, 1.54) is 24.8 Å². The molecule has 106 valence electrons. The summed E-state index contributed by atoms with van der Waals surface area (Å²) in [5, 5.41) is 3.81. The molecule has 0 spiro atoms. The Bertz CT molecular complexity index is 404. The van der Waals surface area contributed by atoms with E-state index < -0.39 is 0 Å². The average molecular weight is 261 g/mol. The summed E-state index contributed by atoms with van der Waals surface area (Å²) < 4.78 is 5.46. The van der Waals surface area contributed by atoms with Gasteiger partial charge in [-0.15, -0.1) is 0 Å². The monoisotopic (exact) mass is 261 g/mol. The van der Waals surface area contributed by atoms with Crippen molar-refractivity contribution in [2.45, 2.75) is 52.1 Å². The Morgan fingerprint density at radius 1 is 1.21 bits per heavy atom. The molecule has 1 fully saturated rings. The van der Waals surface area contributed by atoms with Gasteiger partial charge in [0.2, 0.25) is 0 Å². The van der Waals surface area contributed by atoms with E-state index in [9.17, 15) is 0 Å². The zero-order chi connectivity index (χ0) is 13.8. The quantitative estimate of drug-likeness (QED) is 0.878. The highest BCUT2D eigenvalue weighted by Gasteiger charge is 2.28. The minimum atomic E-state index is 0.342. The molecule has 0 radical (unpaired) electrons. The van der Waals surface area contributed by atoms with Gasteiger partial charge in [0.25, 0.3) is 0 Å². The minimum absolute atomic E-state index is 0.342. The highest BCUT2D eigenvalue weighted by Crippen LogP contribution is 2.32. The molecule has 2 heteroatoms. The van der Waals surface area contributed by atoms with Crippen LogP contribution in [0.2, 0.25) is 0 Å². The summed E-state index contributed by atoms with van der Waals surface area (Å²) in [4.78, 5) is 0. The van der Waals surface area contributed by atoms with Gasteiger partial charge in [0, 0.05) is 17.6 Å². The third-order valence-electron chi connectivity index (χ3n) is 4.78. The van der Waals surface area contributed by atoms with E-state index in [-0.39, 0.29) is 0 Å². The van der Waals surface area contributed by atoms with Crippen LogP contribution in [0.15, 0.2) is 24.3 Å². The molecule has 1 aromatic rings. The van der Waals surface area contributed by atoms with Crippen molar-refractivity contribution in [3.05, 3.63) is 29.8 Å². The zero-order valence-corrected chi connectivity index (χ0v) is 12.6. The van der Waals surface area contributed by atoms with Crippen LogP contribution in [0.1, 0.15) is 51.6 Å². The molecule has 0 aromatic heterocycles. The molecule has 0 bridgehead atoms. The summed E-state index contributed by atoms with van der Waals surface area (Å²) in [5.74, 6) is 2.57. The van der Waals surface area contributed by atoms with Crippen LogP contribution in [0, 0.1) is 11.8 Å². The molecule has 19 heavy (non-hydrogen) atoms. The number of hydrogen-bond donors (Lipinski definition) is 1. The predicted octanol–water partition coefficient (Wildman–Crippen LogP) is 4.17. The van der Waals surface area contributed by atoms with Crippen LogP contribution in [-0.2, 0) is 0 Å². The van der Waals surface area contributed by atoms with Gasteiger partial charge in [0.1, 0.15) is 5.75 Å². The molecule has 1 N–H and O–H groups in total. The Hall–Kier alpha value is -1.02. The molecule has 0 amide bonds. The smallest absolute Gasteiger partial charge is 0.123 e. The second-order valence-electron chi connectivity index (χ2n) is 6.00. The fraction of sp³-hybridized carbons (Fsp3) is 0.647. The highest BCUT2D eigenvalue weighted by molar-refractivity contribution is 5.35. The number of rotatable bonds is 4. The average Bonchev–Trinajstić information content (AvgIpc) is 2.43. The maximum Gasteiger partial charge on any atom is 0.123 e. The van der Waals surface area contributed by atoms with Crippen molar-refractivity contribution in [1.29, 1.82) is 0 Å². The molecule has 1 aliphatic carbocycles. The van der Waals surface area contributed by atoms with Crippen LogP contribution in [0.5, 0.6) is 5.75 Å². The first-order chi connectivity index (χ1) is 9.13. The molecule has 0 aliphatic heterocycles. The van der Waals surface area contributed by atoms with Gasteiger partial charge >= 0.3 is 0 Å². The van der Waals surface area contributed by atoms with Crippen molar-refractivity contribution in [3.63, 3.8) is 0 Å². The molecule has 0 heterocycles. The largest absolute Gasteiger partial charge is 0.496 e. The van der Waals surface area contributed by atoms with Crippen LogP contribution in [-0.4, -0.2) is 13.2 Å². The summed E-state index contributed by atoms with van der Waals surface area (Å²) in [5.41, 5.74) is 1.26. The lowest BCUT2D eigenvalue weighted by Crippen LogP contribution is -2.41. The van der Waals surface area contributed by atoms with Gasteiger partial charge in [-0.05, 0) is 31.2 Å². The number of benzene rings is 1. The predicted molar refractivity (Wildman–Crippen MR) is 80.5 cm³/mol. The molecular formula is C17H27NO. The third kappa shape index (κ3) is 3.30. The summed E-state index contributed by atoms with van der Waals surface area (Å²) in [6, 6.07) is 9.29. The first kappa shape index (κ1) is 14.4. The van der Waals surface area contributed by atoms with Crippen LogP contribution >= 0.6 is 0 Å². The molecule has 3 unspecified atom stereocenters.